The van der Waals surface area contributed by atoms with Crippen LogP contribution in [0.4, 0.5) is 5.69 Å². The molecule has 30 heavy (non-hydrogen) atoms. The standard InChI is InChI=1S/C21H19N5O4/c27-21-19(23-16-3-1-2-4-17(16)24-21)18-20(26(28)29)14-11-13(5-6-15(14)22-18)12-25-7-9-30-10-8-25/h1-6,11,22H,7-10,12H2,(H,24,27). The molecule has 9 heteroatoms. The molecule has 0 aliphatic carbocycles. The van der Waals surface area contributed by atoms with Crippen LogP contribution in [0.15, 0.2) is 47.3 Å². The first-order valence-electron chi connectivity index (χ1n) is 9.69. The molecule has 2 N–H and O–H groups in total. The number of morpholine rings is 1. The van der Waals surface area contributed by atoms with Crippen molar-refractivity contribution in [1.82, 2.24) is 19.9 Å². The second kappa shape index (κ2) is 7.36. The zero-order valence-electron chi connectivity index (χ0n) is 16.1. The van der Waals surface area contributed by atoms with Gasteiger partial charge in [0.2, 0.25) is 0 Å². The Hall–Kier alpha value is -3.56. The molecule has 1 fully saturated rings. The number of H-pyrrole nitrogens is 2. The topological polar surface area (TPSA) is 117 Å². The fourth-order valence-corrected chi connectivity index (χ4v) is 3.90. The molecule has 0 unspecified atom stereocenters. The zero-order valence-corrected chi connectivity index (χ0v) is 16.1. The summed E-state index contributed by atoms with van der Waals surface area (Å²) < 4.78 is 5.38. The van der Waals surface area contributed by atoms with Crippen molar-refractivity contribution in [2.24, 2.45) is 0 Å². The molecule has 0 bridgehead atoms. The number of rotatable bonds is 4. The lowest BCUT2D eigenvalue weighted by molar-refractivity contribution is -0.382. The highest BCUT2D eigenvalue weighted by atomic mass is 16.6. The third-order valence-electron chi connectivity index (χ3n) is 5.36. The Morgan fingerprint density at radius 1 is 1.10 bits per heavy atom. The van der Waals surface area contributed by atoms with Crippen LogP contribution < -0.4 is 5.56 Å². The van der Waals surface area contributed by atoms with E-state index in [1.165, 1.54) is 0 Å². The van der Waals surface area contributed by atoms with Crippen molar-refractivity contribution in [1.29, 1.82) is 0 Å². The fraction of sp³-hybridized carbons (Fsp3) is 0.238. The van der Waals surface area contributed by atoms with Gasteiger partial charge in [-0.25, -0.2) is 4.98 Å². The number of benzene rings is 2. The summed E-state index contributed by atoms with van der Waals surface area (Å²) in [6.45, 7) is 3.72. The highest BCUT2D eigenvalue weighted by Crippen LogP contribution is 2.35. The first-order valence-corrected chi connectivity index (χ1v) is 9.69. The highest BCUT2D eigenvalue weighted by molar-refractivity contribution is 5.97. The second-order valence-corrected chi connectivity index (χ2v) is 7.31. The molecule has 0 spiro atoms. The van der Waals surface area contributed by atoms with Crippen molar-refractivity contribution in [3.8, 4) is 11.4 Å². The Kier molecular flexibility index (Phi) is 4.53. The molecule has 152 valence electrons. The second-order valence-electron chi connectivity index (χ2n) is 7.31. The Bertz CT molecular complexity index is 1320. The average molecular weight is 405 g/mol. The summed E-state index contributed by atoms with van der Waals surface area (Å²) in [5.74, 6) is 0. The van der Waals surface area contributed by atoms with E-state index < -0.39 is 10.5 Å². The maximum Gasteiger partial charge on any atom is 0.304 e. The first kappa shape index (κ1) is 18.5. The van der Waals surface area contributed by atoms with E-state index in [2.05, 4.69) is 19.9 Å². The van der Waals surface area contributed by atoms with Gasteiger partial charge in [0.1, 0.15) is 5.69 Å². The van der Waals surface area contributed by atoms with Gasteiger partial charge in [-0.1, -0.05) is 18.2 Å². The molecule has 2 aromatic carbocycles. The highest BCUT2D eigenvalue weighted by Gasteiger charge is 2.26. The van der Waals surface area contributed by atoms with Crippen LogP contribution >= 0.6 is 0 Å². The van der Waals surface area contributed by atoms with Crippen LogP contribution in [0, 0.1) is 10.1 Å². The molecule has 0 amide bonds. The van der Waals surface area contributed by atoms with E-state index in [9.17, 15) is 14.9 Å². The van der Waals surface area contributed by atoms with Crippen LogP contribution in [0.1, 0.15) is 5.56 Å². The maximum atomic E-state index is 12.6. The minimum absolute atomic E-state index is 0.00586. The lowest BCUT2D eigenvalue weighted by Crippen LogP contribution is -2.35. The number of para-hydroxylation sites is 2. The molecule has 4 aromatic rings. The Balaban J connectivity index is 1.64. The van der Waals surface area contributed by atoms with Crippen LogP contribution in [0.25, 0.3) is 33.3 Å². The molecule has 0 atom stereocenters. The molecule has 1 aliphatic rings. The predicted molar refractivity (Wildman–Crippen MR) is 112 cm³/mol. The largest absolute Gasteiger partial charge is 0.379 e. The van der Waals surface area contributed by atoms with E-state index in [4.69, 9.17) is 4.74 Å². The SMILES string of the molecule is O=c1[nH]c2ccccc2nc1-c1[nH]c2ccc(CN3CCOCC3)cc2c1[N+](=O)[O-]. The maximum absolute atomic E-state index is 12.6. The molecule has 0 radical (unpaired) electrons. The van der Waals surface area contributed by atoms with Gasteiger partial charge in [0, 0.05) is 19.6 Å². The number of hydrogen-bond donors (Lipinski definition) is 2. The van der Waals surface area contributed by atoms with Crippen molar-refractivity contribution in [2.75, 3.05) is 26.3 Å². The molecule has 1 aliphatic heterocycles. The number of fused-ring (bicyclic) bond motifs is 2. The van der Waals surface area contributed by atoms with Crippen LogP contribution in [-0.4, -0.2) is 51.1 Å². The van der Waals surface area contributed by atoms with E-state index in [0.717, 1.165) is 18.7 Å². The van der Waals surface area contributed by atoms with Gasteiger partial charge in [-0.2, -0.15) is 0 Å². The molecular formula is C21H19N5O4. The first-order chi connectivity index (χ1) is 14.6. The summed E-state index contributed by atoms with van der Waals surface area (Å²) in [4.78, 5) is 36.6. The van der Waals surface area contributed by atoms with Crippen molar-refractivity contribution in [3.05, 3.63) is 68.5 Å². The predicted octanol–water partition coefficient (Wildman–Crippen LogP) is 2.81. The smallest absolute Gasteiger partial charge is 0.304 e. The average Bonchev–Trinajstić information content (AvgIpc) is 3.13. The van der Waals surface area contributed by atoms with Gasteiger partial charge in [0.25, 0.3) is 5.56 Å². The van der Waals surface area contributed by atoms with E-state index in [0.29, 0.717) is 41.7 Å². The van der Waals surface area contributed by atoms with Crippen LogP contribution in [0.3, 0.4) is 0 Å². The monoisotopic (exact) mass is 405 g/mol. The normalized spacial score (nSPS) is 15.1. The van der Waals surface area contributed by atoms with Gasteiger partial charge in [-0.05, 0) is 29.8 Å². The summed E-state index contributed by atoms with van der Waals surface area (Å²) in [5, 5.41) is 12.4. The number of nitrogens with one attached hydrogen (secondary N) is 2. The Morgan fingerprint density at radius 3 is 2.70 bits per heavy atom. The lowest BCUT2D eigenvalue weighted by atomic mass is 10.1. The minimum atomic E-state index is -0.475. The summed E-state index contributed by atoms with van der Waals surface area (Å²) in [5.41, 5.74) is 2.22. The van der Waals surface area contributed by atoms with E-state index in [1.807, 2.05) is 18.2 Å². The molecule has 2 aromatic heterocycles. The van der Waals surface area contributed by atoms with Crippen molar-refractivity contribution in [3.63, 3.8) is 0 Å². The molecule has 9 nitrogen and oxygen atoms in total. The number of aromatic nitrogens is 3. The van der Waals surface area contributed by atoms with Gasteiger partial charge in [0.15, 0.2) is 5.69 Å². The van der Waals surface area contributed by atoms with E-state index in [-0.39, 0.29) is 17.1 Å². The van der Waals surface area contributed by atoms with Crippen molar-refractivity contribution < 1.29 is 9.66 Å². The lowest BCUT2D eigenvalue weighted by Gasteiger charge is -2.26. The van der Waals surface area contributed by atoms with Crippen molar-refractivity contribution in [2.45, 2.75) is 6.54 Å². The fourth-order valence-electron chi connectivity index (χ4n) is 3.90. The quantitative estimate of drug-likeness (QED) is 0.398. The van der Waals surface area contributed by atoms with Gasteiger partial charge >= 0.3 is 5.69 Å². The van der Waals surface area contributed by atoms with Gasteiger partial charge in [0.05, 0.1) is 40.1 Å². The zero-order chi connectivity index (χ0) is 20.7. The molecular weight excluding hydrogens is 386 g/mol. The number of nitro groups is 1. The summed E-state index contributed by atoms with van der Waals surface area (Å²) in [6.07, 6.45) is 0. The third-order valence-corrected chi connectivity index (χ3v) is 5.36. The number of hydrogen-bond acceptors (Lipinski definition) is 6. The van der Waals surface area contributed by atoms with E-state index in [1.54, 1.807) is 24.3 Å². The third kappa shape index (κ3) is 3.23. The summed E-state index contributed by atoms with van der Waals surface area (Å²) in [6, 6.07) is 12.7. The number of ether oxygens (including phenoxy) is 1. The van der Waals surface area contributed by atoms with E-state index >= 15 is 0 Å². The minimum Gasteiger partial charge on any atom is -0.379 e. The summed E-state index contributed by atoms with van der Waals surface area (Å²) >= 11 is 0. The Labute approximate surface area is 170 Å². The van der Waals surface area contributed by atoms with Crippen LogP contribution in [-0.2, 0) is 11.3 Å². The molecule has 3 heterocycles. The molecule has 0 saturated carbocycles. The van der Waals surface area contributed by atoms with Crippen LogP contribution in [0.5, 0.6) is 0 Å². The number of nitrogens with zero attached hydrogens (tertiary/aromatic N) is 3. The van der Waals surface area contributed by atoms with Crippen LogP contribution in [0.2, 0.25) is 0 Å². The van der Waals surface area contributed by atoms with Gasteiger partial charge < -0.3 is 14.7 Å². The number of aromatic amines is 2. The Morgan fingerprint density at radius 2 is 1.90 bits per heavy atom. The van der Waals surface area contributed by atoms with Gasteiger partial charge in [-0.15, -0.1) is 0 Å². The van der Waals surface area contributed by atoms with Gasteiger partial charge in [-0.3, -0.25) is 19.8 Å². The summed E-state index contributed by atoms with van der Waals surface area (Å²) in [7, 11) is 0. The van der Waals surface area contributed by atoms with Crippen molar-refractivity contribution >= 4 is 27.6 Å². The molecule has 5 rings (SSSR count). The molecule has 1 saturated heterocycles.